The predicted octanol–water partition coefficient (Wildman–Crippen LogP) is 2.21. The van der Waals surface area contributed by atoms with E-state index in [1.54, 1.807) is 14.2 Å². The Hall–Kier alpha value is 0.0569. The maximum Gasteiger partial charge on any atom is 0.500 e. The van der Waals surface area contributed by atoms with Crippen LogP contribution in [0.3, 0.4) is 0 Å². The van der Waals surface area contributed by atoms with Gasteiger partial charge in [0.05, 0.1) is 12.2 Å². The van der Waals surface area contributed by atoms with E-state index in [4.69, 9.17) is 18.0 Å². The van der Waals surface area contributed by atoms with Gasteiger partial charge in [-0.3, -0.25) is 0 Å². The summed E-state index contributed by atoms with van der Waals surface area (Å²) in [7, 11) is 1.02. The standard InChI is InChI=1S/C12H24O4Si/c1-4-7-17(13-2,14-3)15-9-10-5-6-11-12(8-10)16-11/h10-12H,4-9H2,1-3H3/t10-,11?,12?/m1/s1. The Kier molecular flexibility index (Phi) is 4.60. The van der Waals surface area contributed by atoms with Gasteiger partial charge in [0.1, 0.15) is 0 Å². The van der Waals surface area contributed by atoms with Crippen LogP contribution in [0.25, 0.3) is 0 Å². The molecule has 2 unspecified atom stereocenters. The van der Waals surface area contributed by atoms with Crippen LogP contribution >= 0.6 is 0 Å². The Labute approximate surface area is 105 Å². The van der Waals surface area contributed by atoms with Gasteiger partial charge in [0.2, 0.25) is 0 Å². The Morgan fingerprint density at radius 2 is 1.94 bits per heavy atom. The van der Waals surface area contributed by atoms with Crippen molar-refractivity contribution < 1.29 is 18.0 Å². The highest BCUT2D eigenvalue weighted by atomic mass is 28.4. The molecule has 1 aliphatic carbocycles. The maximum absolute atomic E-state index is 6.01. The molecule has 0 spiro atoms. The molecule has 0 bridgehead atoms. The zero-order valence-electron chi connectivity index (χ0n) is 11.1. The molecule has 1 saturated carbocycles. The first-order valence-electron chi connectivity index (χ1n) is 6.62. The lowest BCUT2D eigenvalue weighted by Gasteiger charge is -2.29. The van der Waals surface area contributed by atoms with E-state index >= 15 is 0 Å². The van der Waals surface area contributed by atoms with Crippen molar-refractivity contribution in [2.45, 2.75) is 50.9 Å². The van der Waals surface area contributed by atoms with E-state index in [9.17, 15) is 0 Å². The molecule has 0 aromatic carbocycles. The van der Waals surface area contributed by atoms with Crippen molar-refractivity contribution >= 4 is 8.80 Å². The molecule has 100 valence electrons. The highest BCUT2D eigenvalue weighted by Crippen LogP contribution is 2.39. The summed E-state index contributed by atoms with van der Waals surface area (Å²) >= 11 is 0. The molecular formula is C12H24O4Si. The molecule has 0 aromatic heterocycles. The summed E-state index contributed by atoms with van der Waals surface area (Å²) in [5.41, 5.74) is 0. The minimum Gasteiger partial charge on any atom is -0.377 e. The van der Waals surface area contributed by atoms with Crippen molar-refractivity contribution in [1.82, 2.24) is 0 Å². The van der Waals surface area contributed by atoms with Gasteiger partial charge in [0.25, 0.3) is 0 Å². The van der Waals surface area contributed by atoms with Crippen molar-refractivity contribution in [1.29, 1.82) is 0 Å². The van der Waals surface area contributed by atoms with Gasteiger partial charge in [0.15, 0.2) is 0 Å². The molecule has 0 amide bonds. The lowest BCUT2D eigenvalue weighted by Crippen LogP contribution is -2.45. The number of rotatable bonds is 7. The van der Waals surface area contributed by atoms with E-state index in [1.165, 1.54) is 12.8 Å². The van der Waals surface area contributed by atoms with Crippen molar-refractivity contribution in [2.24, 2.45) is 5.92 Å². The van der Waals surface area contributed by atoms with Gasteiger partial charge in [-0.25, -0.2) is 0 Å². The first-order chi connectivity index (χ1) is 8.23. The van der Waals surface area contributed by atoms with Crippen LogP contribution in [0.2, 0.25) is 6.04 Å². The summed E-state index contributed by atoms with van der Waals surface area (Å²) < 4.78 is 22.6. The maximum atomic E-state index is 6.01. The molecule has 2 aliphatic rings. The number of epoxide rings is 1. The molecule has 1 aliphatic heterocycles. The second-order valence-corrected chi connectivity index (χ2v) is 8.02. The first-order valence-corrected chi connectivity index (χ1v) is 8.56. The van der Waals surface area contributed by atoms with Gasteiger partial charge in [-0.2, -0.15) is 0 Å². The molecule has 5 heteroatoms. The normalized spacial score (nSPS) is 32.3. The minimum atomic E-state index is -2.38. The first kappa shape index (κ1) is 13.5. The summed E-state index contributed by atoms with van der Waals surface area (Å²) in [6.07, 6.45) is 5.67. The SMILES string of the molecule is CCC[Si](OC)(OC)OC[C@@H]1CCC2OC2C1. The van der Waals surface area contributed by atoms with Crippen LogP contribution in [0.15, 0.2) is 0 Å². The smallest absolute Gasteiger partial charge is 0.377 e. The summed E-state index contributed by atoms with van der Waals surface area (Å²) in [5, 5.41) is 0. The molecular weight excluding hydrogens is 236 g/mol. The Balaban J connectivity index is 1.77. The average molecular weight is 260 g/mol. The van der Waals surface area contributed by atoms with Crippen LogP contribution in [0.4, 0.5) is 0 Å². The lowest BCUT2D eigenvalue weighted by molar-refractivity contribution is 0.0757. The summed E-state index contributed by atoms with van der Waals surface area (Å²) in [5.74, 6) is 0.618. The van der Waals surface area contributed by atoms with E-state index in [-0.39, 0.29) is 0 Å². The number of fused-ring (bicyclic) bond motifs is 1. The summed E-state index contributed by atoms with van der Waals surface area (Å²) in [6, 6.07) is 0.898. The van der Waals surface area contributed by atoms with Crippen molar-refractivity contribution in [2.75, 3.05) is 20.8 Å². The van der Waals surface area contributed by atoms with Gasteiger partial charge in [-0.15, -0.1) is 0 Å². The highest BCUT2D eigenvalue weighted by molar-refractivity contribution is 6.60. The second kappa shape index (κ2) is 5.80. The van der Waals surface area contributed by atoms with E-state index in [0.29, 0.717) is 18.1 Å². The van der Waals surface area contributed by atoms with Crippen LogP contribution in [-0.2, 0) is 18.0 Å². The number of ether oxygens (including phenoxy) is 1. The third kappa shape index (κ3) is 3.29. The van der Waals surface area contributed by atoms with Crippen molar-refractivity contribution in [3.05, 3.63) is 0 Å². The van der Waals surface area contributed by atoms with Gasteiger partial charge in [-0.05, 0) is 25.2 Å². The number of hydrogen-bond donors (Lipinski definition) is 0. The molecule has 17 heavy (non-hydrogen) atoms. The quantitative estimate of drug-likeness (QED) is 0.520. The average Bonchev–Trinajstić information content (AvgIpc) is 3.13. The van der Waals surface area contributed by atoms with Crippen LogP contribution < -0.4 is 0 Å². The van der Waals surface area contributed by atoms with Gasteiger partial charge < -0.3 is 18.0 Å². The van der Waals surface area contributed by atoms with Crippen molar-refractivity contribution in [3.63, 3.8) is 0 Å². The fourth-order valence-corrected chi connectivity index (χ4v) is 4.72. The number of hydrogen-bond acceptors (Lipinski definition) is 4. The minimum absolute atomic E-state index is 0.518. The van der Waals surface area contributed by atoms with E-state index in [1.807, 2.05) is 0 Å². The van der Waals surface area contributed by atoms with Crippen LogP contribution in [-0.4, -0.2) is 41.8 Å². The topological polar surface area (TPSA) is 40.2 Å². The largest absolute Gasteiger partial charge is 0.500 e. The molecule has 0 N–H and O–H groups in total. The predicted molar refractivity (Wildman–Crippen MR) is 66.8 cm³/mol. The molecule has 3 atom stereocenters. The van der Waals surface area contributed by atoms with E-state index in [2.05, 4.69) is 6.92 Å². The molecule has 0 radical (unpaired) electrons. The van der Waals surface area contributed by atoms with E-state index < -0.39 is 8.80 Å². The molecule has 1 saturated heterocycles. The third-order valence-corrected chi connectivity index (χ3v) is 6.79. The fraction of sp³-hybridized carbons (Fsp3) is 1.00. The van der Waals surface area contributed by atoms with Gasteiger partial charge in [0, 0.05) is 26.9 Å². The highest BCUT2D eigenvalue weighted by Gasteiger charge is 2.45. The molecule has 2 rings (SSSR count). The zero-order chi connectivity index (χ0) is 12.3. The lowest BCUT2D eigenvalue weighted by atomic mass is 9.90. The summed E-state index contributed by atoms with van der Waals surface area (Å²) in [6.45, 7) is 2.90. The van der Waals surface area contributed by atoms with Gasteiger partial charge >= 0.3 is 8.80 Å². The molecule has 2 fully saturated rings. The molecule has 4 nitrogen and oxygen atoms in total. The second-order valence-electron chi connectivity index (χ2n) is 5.04. The Morgan fingerprint density at radius 3 is 2.53 bits per heavy atom. The van der Waals surface area contributed by atoms with E-state index in [0.717, 1.165) is 25.5 Å². The van der Waals surface area contributed by atoms with Crippen LogP contribution in [0.5, 0.6) is 0 Å². The molecule has 0 aromatic rings. The monoisotopic (exact) mass is 260 g/mol. The van der Waals surface area contributed by atoms with Crippen LogP contribution in [0.1, 0.15) is 32.6 Å². The molecule has 1 heterocycles. The third-order valence-electron chi connectivity index (χ3n) is 3.83. The van der Waals surface area contributed by atoms with Gasteiger partial charge in [-0.1, -0.05) is 13.3 Å². The zero-order valence-corrected chi connectivity index (χ0v) is 12.1. The van der Waals surface area contributed by atoms with Crippen LogP contribution in [0, 0.1) is 5.92 Å². The van der Waals surface area contributed by atoms with Crippen molar-refractivity contribution in [3.8, 4) is 0 Å². The fourth-order valence-electron chi connectivity index (χ4n) is 2.67. The Morgan fingerprint density at radius 1 is 1.18 bits per heavy atom. The Bertz CT molecular complexity index is 245. The summed E-state index contributed by atoms with van der Waals surface area (Å²) in [4.78, 5) is 0.